The second-order valence-corrected chi connectivity index (χ2v) is 6.10. The molecule has 0 radical (unpaired) electrons. The summed E-state index contributed by atoms with van der Waals surface area (Å²) in [6.45, 7) is 4.06. The number of nitrogens with one attached hydrogen (secondary N) is 1. The molecule has 0 unspecified atom stereocenters. The van der Waals surface area contributed by atoms with E-state index in [0.29, 0.717) is 6.04 Å². The largest absolute Gasteiger partial charge is 0.339 e. The highest BCUT2D eigenvalue weighted by Crippen LogP contribution is 2.27. The first-order valence-electron chi connectivity index (χ1n) is 6.78. The van der Waals surface area contributed by atoms with Crippen LogP contribution < -0.4 is 10.6 Å². The highest BCUT2D eigenvalue weighted by molar-refractivity contribution is 7.15. The van der Waals surface area contributed by atoms with Gasteiger partial charge in [0.2, 0.25) is 5.95 Å². The number of aromatic nitrogens is 3. The molecule has 0 saturated carbocycles. The highest BCUT2D eigenvalue weighted by Gasteiger charge is 2.20. The predicted molar refractivity (Wildman–Crippen MR) is 78.5 cm³/mol. The van der Waals surface area contributed by atoms with E-state index in [1.807, 2.05) is 0 Å². The van der Waals surface area contributed by atoms with Crippen molar-refractivity contribution >= 4 is 17.3 Å². The summed E-state index contributed by atoms with van der Waals surface area (Å²) < 4.78 is 0. The van der Waals surface area contributed by atoms with Gasteiger partial charge in [0.1, 0.15) is 0 Å². The fourth-order valence-electron chi connectivity index (χ4n) is 2.30. The molecule has 2 aromatic heterocycles. The normalized spacial score (nSPS) is 17.1. The summed E-state index contributed by atoms with van der Waals surface area (Å²) in [6.07, 6.45) is 3.10. The Bertz CT molecular complexity index is 539. The first-order valence-corrected chi connectivity index (χ1v) is 7.60. The van der Waals surface area contributed by atoms with E-state index in [0.717, 1.165) is 49.0 Å². The van der Waals surface area contributed by atoms with E-state index < -0.39 is 0 Å². The minimum atomic E-state index is 0.332. The molecule has 102 valence electrons. The van der Waals surface area contributed by atoms with Gasteiger partial charge in [0.05, 0.1) is 4.88 Å². The second-order valence-electron chi connectivity index (χ2n) is 4.93. The first-order chi connectivity index (χ1) is 9.26. The molecule has 3 N–H and O–H groups in total. The maximum atomic E-state index is 5.92. The molecule has 0 atom stereocenters. The third kappa shape index (κ3) is 2.64. The van der Waals surface area contributed by atoms with Crippen molar-refractivity contribution in [2.75, 3.05) is 18.0 Å². The predicted octanol–water partition coefficient (Wildman–Crippen LogP) is 2.02. The minimum Gasteiger partial charge on any atom is -0.339 e. The van der Waals surface area contributed by atoms with Crippen LogP contribution >= 0.6 is 11.3 Å². The Morgan fingerprint density at radius 1 is 1.42 bits per heavy atom. The summed E-state index contributed by atoms with van der Waals surface area (Å²) in [5.41, 5.74) is 5.92. The van der Waals surface area contributed by atoms with Crippen LogP contribution in [0.5, 0.6) is 0 Å². The quantitative estimate of drug-likeness (QED) is 0.900. The van der Waals surface area contributed by atoms with Crippen LogP contribution in [0.25, 0.3) is 10.7 Å². The van der Waals surface area contributed by atoms with Gasteiger partial charge in [-0.15, -0.1) is 16.4 Å². The fourth-order valence-corrected chi connectivity index (χ4v) is 3.19. The zero-order valence-electron chi connectivity index (χ0n) is 11.1. The molecule has 3 rings (SSSR count). The van der Waals surface area contributed by atoms with Crippen molar-refractivity contribution in [3.63, 3.8) is 0 Å². The molecular weight excluding hydrogens is 258 g/mol. The molecule has 0 bridgehead atoms. The number of thiophene rings is 1. The van der Waals surface area contributed by atoms with Crippen molar-refractivity contribution in [2.45, 2.75) is 32.2 Å². The van der Waals surface area contributed by atoms with E-state index in [-0.39, 0.29) is 0 Å². The van der Waals surface area contributed by atoms with Crippen LogP contribution in [-0.2, 0) is 6.42 Å². The fraction of sp³-hybridized carbons (Fsp3) is 0.538. The molecule has 0 aliphatic carbocycles. The van der Waals surface area contributed by atoms with E-state index in [1.165, 1.54) is 4.88 Å². The number of anilines is 1. The van der Waals surface area contributed by atoms with E-state index in [4.69, 9.17) is 5.73 Å². The van der Waals surface area contributed by atoms with E-state index in [9.17, 15) is 0 Å². The van der Waals surface area contributed by atoms with Crippen LogP contribution in [0.1, 0.15) is 24.6 Å². The number of rotatable bonds is 3. The Hall–Kier alpha value is -1.40. The number of aromatic amines is 1. The smallest absolute Gasteiger partial charge is 0.245 e. The Morgan fingerprint density at radius 2 is 2.21 bits per heavy atom. The van der Waals surface area contributed by atoms with Crippen molar-refractivity contribution in [1.29, 1.82) is 0 Å². The van der Waals surface area contributed by atoms with Crippen molar-refractivity contribution < 1.29 is 0 Å². The molecule has 3 heterocycles. The van der Waals surface area contributed by atoms with Crippen molar-refractivity contribution in [3.8, 4) is 10.7 Å². The lowest BCUT2D eigenvalue weighted by molar-refractivity contribution is 0.496. The van der Waals surface area contributed by atoms with Crippen molar-refractivity contribution in [1.82, 2.24) is 15.2 Å². The highest BCUT2D eigenvalue weighted by atomic mass is 32.1. The van der Waals surface area contributed by atoms with Crippen LogP contribution in [0.2, 0.25) is 0 Å². The van der Waals surface area contributed by atoms with Gasteiger partial charge in [-0.2, -0.15) is 4.98 Å². The molecule has 1 saturated heterocycles. The Labute approximate surface area is 116 Å². The summed E-state index contributed by atoms with van der Waals surface area (Å²) in [7, 11) is 0. The molecule has 1 aliphatic heterocycles. The molecular formula is C13H19N5S. The average molecular weight is 277 g/mol. The third-order valence-electron chi connectivity index (χ3n) is 3.54. The lowest BCUT2D eigenvalue weighted by Crippen LogP contribution is -2.40. The second kappa shape index (κ2) is 5.30. The molecule has 2 aromatic rings. The van der Waals surface area contributed by atoms with Gasteiger partial charge < -0.3 is 10.6 Å². The SMILES string of the molecule is CCc1ccc(-c2nc(N3CCC(N)CC3)n[nH]2)s1. The summed E-state index contributed by atoms with van der Waals surface area (Å²) in [4.78, 5) is 9.34. The van der Waals surface area contributed by atoms with E-state index in [1.54, 1.807) is 11.3 Å². The van der Waals surface area contributed by atoms with E-state index >= 15 is 0 Å². The number of hydrogen-bond donors (Lipinski definition) is 2. The Kier molecular flexibility index (Phi) is 3.52. The molecule has 0 aromatic carbocycles. The van der Waals surface area contributed by atoms with Crippen LogP contribution in [0.4, 0.5) is 5.95 Å². The van der Waals surface area contributed by atoms with Gasteiger partial charge in [0, 0.05) is 24.0 Å². The van der Waals surface area contributed by atoms with Gasteiger partial charge in [0.15, 0.2) is 5.82 Å². The molecule has 1 aliphatic rings. The number of aryl methyl sites for hydroxylation is 1. The van der Waals surface area contributed by atoms with Gasteiger partial charge in [-0.05, 0) is 31.4 Å². The van der Waals surface area contributed by atoms with Gasteiger partial charge in [-0.1, -0.05) is 6.92 Å². The zero-order valence-corrected chi connectivity index (χ0v) is 11.9. The average Bonchev–Trinajstić information content (AvgIpc) is 3.08. The number of H-pyrrole nitrogens is 1. The molecule has 0 amide bonds. The summed E-state index contributed by atoms with van der Waals surface area (Å²) in [5.74, 6) is 1.67. The van der Waals surface area contributed by atoms with Crippen LogP contribution in [0.15, 0.2) is 12.1 Å². The standard InChI is InChI=1S/C13H19N5S/c1-2-10-3-4-11(19-10)12-15-13(17-16-12)18-7-5-9(14)6-8-18/h3-4,9H,2,5-8,14H2,1H3,(H,15,16,17). The monoisotopic (exact) mass is 277 g/mol. The third-order valence-corrected chi connectivity index (χ3v) is 4.78. The van der Waals surface area contributed by atoms with Crippen LogP contribution in [0.3, 0.4) is 0 Å². The first kappa shape index (κ1) is 12.6. The maximum absolute atomic E-state index is 5.92. The number of nitrogens with zero attached hydrogens (tertiary/aromatic N) is 3. The molecule has 0 spiro atoms. The zero-order chi connectivity index (χ0) is 13.2. The maximum Gasteiger partial charge on any atom is 0.245 e. The number of hydrogen-bond acceptors (Lipinski definition) is 5. The van der Waals surface area contributed by atoms with Gasteiger partial charge in [0.25, 0.3) is 0 Å². The molecule has 1 fully saturated rings. The van der Waals surface area contributed by atoms with E-state index in [2.05, 4.69) is 39.1 Å². The lowest BCUT2D eigenvalue weighted by atomic mass is 10.1. The number of nitrogens with two attached hydrogens (primary N) is 1. The van der Waals surface area contributed by atoms with Gasteiger partial charge in [-0.3, -0.25) is 5.10 Å². The molecule has 5 nitrogen and oxygen atoms in total. The van der Waals surface area contributed by atoms with Crippen molar-refractivity contribution in [3.05, 3.63) is 17.0 Å². The van der Waals surface area contributed by atoms with Crippen LogP contribution in [-0.4, -0.2) is 34.3 Å². The minimum absolute atomic E-state index is 0.332. The Balaban J connectivity index is 1.75. The molecule has 19 heavy (non-hydrogen) atoms. The number of piperidine rings is 1. The van der Waals surface area contributed by atoms with Crippen molar-refractivity contribution in [2.24, 2.45) is 5.73 Å². The summed E-state index contributed by atoms with van der Waals surface area (Å²) >= 11 is 1.77. The van der Waals surface area contributed by atoms with Crippen LogP contribution in [0, 0.1) is 0 Å². The topological polar surface area (TPSA) is 70.8 Å². The van der Waals surface area contributed by atoms with Gasteiger partial charge >= 0.3 is 0 Å². The van der Waals surface area contributed by atoms with Gasteiger partial charge in [-0.25, -0.2) is 0 Å². The summed E-state index contributed by atoms with van der Waals surface area (Å²) in [5, 5.41) is 7.38. The lowest BCUT2D eigenvalue weighted by Gasteiger charge is -2.28. The Morgan fingerprint density at radius 3 is 2.89 bits per heavy atom. The molecule has 6 heteroatoms. The summed E-state index contributed by atoms with van der Waals surface area (Å²) in [6, 6.07) is 4.60.